The first-order valence-corrected chi connectivity index (χ1v) is 8.36. The summed E-state index contributed by atoms with van der Waals surface area (Å²) in [6, 6.07) is 0. The minimum Gasteiger partial charge on any atom is -0.609 e. The van der Waals surface area contributed by atoms with E-state index in [1.807, 2.05) is 13.8 Å². The Kier molecular flexibility index (Phi) is 2.44. The van der Waals surface area contributed by atoms with Gasteiger partial charge in [0, 0.05) is 6.10 Å². The molecule has 0 radical (unpaired) electrons. The van der Waals surface area contributed by atoms with Gasteiger partial charge in [0.2, 0.25) is 0 Å². The number of rotatable bonds is 2. The monoisotopic (exact) mass is 275 g/mol. The molecule has 0 amide bonds. The molecular formula is C18H27O2-. The summed E-state index contributed by atoms with van der Waals surface area (Å²) in [5.41, 5.74) is 1.58. The van der Waals surface area contributed by atoms with E-state index in [0.717, 1.165) is 35.7 Å². The fraction of sp³-hybridized carbons (Fsp3) is 0.889. The molecule has 4 saturated carbocycles. The maximum atomic E-state index is 12.0. The van der Waals surface area contributed by atoms with Crippen molar-refractivity contribution in [3.8, 4) is 0 Å². The second-order valence-electron chi connectivity index (χ2n) is 8.81. The molecule has 4 aliphatic rings. The van der Waals surface area contributed by atoms with E-state index >= 15 is 0 Å². The van der Waals surface area contributed by atoms with Crippen LogP contribution in [0.1, 0.15) is 59.8 Å². The van der Waals surface area contributed by atoms with Gasteiger partial charge in [0.15, 0.2) is 0 Å². The Morgan fingerprint density at radius 1 is 1.15 bits per heavy atom. The second-order valence-corrected chi connectivity index (χ2v) is 8.81. The highest BCUT2D eigenvalue weighted by Gasteiger charge is 2.70. The molecule has 7 unspecified atom stereocenters. The summed E-state index contributed by atoms with van der Waals surface area (Å²) < 4.78 is 5.89. The van der Waals surface area contributed by atoms with Crippen molar-refractivity contribution in [2.75, 3.05) is 0 Å². The minimum absolute atomic E-state index is 0.0753. The molecule has 0 heterocycles. The molecule has 0 N–H and O–H groups in total. The van der Waals surface area contributed by atoms with Gasteiger partial charge in [-0.3, -0.25) is 0 Å². The van der Waals surface area contributed by atoms with E-state index in [2.05, 4.69) is 13.8 Å². The molecule has 112 valence electrons. The number of allylic oxidation sites excluding steroid dienone is 1. The molecule has 2 heteroatoms. The molecule has 0 spiro atoms. The smallest absolute Gasteiger partial charge is 0.0501 e. The molecule has 4 rings (SSSR count). The second kappa shape index (κ2) is 3.75. The third-order valence-corrected chi connectivity index (χ3v) is 7.36. The van der Waals surface area contributed by atoms with Gasteiger partial charge in [-0.05, 0) is 80.5 Å². The average Bonchev–Trinajstić information content (AvgIpc) is 3.04. The van der Waals surface area contributed by atoms with Crippen LogP contribution in [0.4, 0.5) is 0 Å². The van der Waals surface area contributed by atoms with Crippen LogP contribution in [-0.4, -0.2) is 6.10 Å². The summed E-state index contributed by atoms with van der Waals surface area (Å²) in [5, 5.41) is 12.0. The van der Waals surface area contributed by atoms with Crippen molar-refractivity contribution in [2.24, 2.45) is 34.5 Å². The Bertz CT molecular complexity index is 478. The van der Waals surface area contributed by atoms with Crippen molar-refractivity contribution in [3.63, 3.8) is 0 Å². The molecule has 0 saturated heterocycles. The zero-order valence-corrected chi connectivity index (χ0v) is 13.2. The fourth-order valence-electron chi connectivity index (χ4n) is 6.93. The molecule has 4 bridgehead atoms. The predicted molar refractivity (Wildman–Crippen MR) is 76.5 cm³/mol. The lowest BCUT2D eigenvalue weighted by molar-refractivity contribution is -0.370. The standard InChI is InChI=1S/C18H28O2/c1-10(2)16(19)20-13-7-12-9-18(13,4)15-14(12)11-5-6-17(15,3)8-11/h11-15,19H,5-9H2,1-4H3/p-1. The van der Waals surface area contributed by atoms with Gasteiger partial charge in [0.05, 0.1) is 5.95 Å². The molecule has 0 aromatic carbocycles. The lowest BCUT2D eigenvalue weighted by Crippen LogP contribution is -2.46. The number of ether oxygens (including phenoxy) is 1. The van der Waals surface area contributed by atoms with Gasteiger partial charge in [-0.15, -0.1) is 0 Å². The van der Waals surface area contributed by atoms with Crippen LogP contribution < -0.4 is 5.11 Å². The minimum atomic E-state index is -0.0753. The Balaban J connectivity index is 1.65. The van der Waals surface area contributed by atoms with E-state index < -0.39 is 0 Å². The van der Waals surface area contributed by atoms with Gasteiger partial charge in [-0.25, -0.2) is 0 Å². The first-order chi connectivity index (χ1) is 9.35. The maximum Gasteiger partial charge on any atom is 0.0501 e. The Morgan fingerprint density at radius 3 is 2.60 bits per heavy atom. The zero-order chi connectivity index (χ0) is 14.3. The highest BCUT2D eigenvalue weighted by molar-refractivity contribution is 5.20. The normalized spacial score (nSPS) is 55.1. The van der Waals surface area contributed by atoms with Gasteiger partial charge in [0.1, 0.15) is 0 Å². The van der Waals surface area contributed by atoms with E-state index in [4.69, 9.17) is 4.74 Å². The van der Waals surface area contributed by atoms with Crippen LogP contribution in [0.15, 0.2) is 11.5 Å². The molecule has 0 aromatic rings. The van der Waals surface area contributed by atoms with E-state index in [9.17, 15) is 5.11 Å². The molecule has 7 atom stereocenters. The largest absolute Gasteiger partial charge is 0.609 e. The molecule has 4 aliphatic carbocycles. The lowest BCUT2D eigenvalue weighted by Gasteiger charge is -2.51. The topological polar surface area (TPSA) is 32.3 Å². The first-order valence-electron chi connectivity index (χ1n) is 8.36. The van der Waals surface area contributed by atoms with Crippen LogP contribution in [0.2, 0.25) is 0 Å². The molecule has 4 fully saturated rings. The highest BCUT2D eigenvalue weighted by atomic mass is 16.6. The Morgan fingerprint density at radius 2 is 1.90 bits per heavy atom. The maximum absolute atomic E-state index is 12.0. The first kappa shape index (κ1) is 13.0. The van der Waals surface area contributed by atoms with E-state index in [1.54, 1.807) is 0 Å². The third-order valence-electron chi connectivity index (χ3n) is 7.36. The average molecular weight is 275 g/mol. The van der Waals surface area contributed by atoms with Gasteiger partial charge in [0.25, 0.3) is 0 Å². The molecule has 0 aromatic heterocycles. The summed E-state index contributed by atoms with van der Waals surface area (Å²) in [7, 11) is 0. The molecule has 20 heavy (non-hydrogen) atoms. The number of fused-ring (bicyclic) bond motifs is 9. The van der Waals surface area contributed by atoms with Gasteiger partial charge >= 0.3 is 0 Å². The number of hydrogen-bond donors (Lipinski definition) is 0. The summed E-state index contributed by atoms with van der Waals surface area (Å²) >= 11 is 0. The van der Waals surface area contributed by atoms with Crippen molar-refractivity contribution >= 4 is 0 Å². The van der Waals surface area contributed by atoms with Crippen molar-refractivity contribution in [2.45, 2.75) is 65.9 Å². The van der Waals surface area contributed by atoms with E-state index in [0.29, 0.717) is 5.41 Å². The molecular weight excluding hydrogens is 248 g/mol. The van der Waals surface area contributed by atoms with Crippen LogP contribution in [-0.2, 0) is 4.74 Å². The van der Waals surface area contributed by atoms with Gasteiger partial charge in [-0.1, -0.05) is 19.4 Å². The van der Waals surface area contributed by atoms with Gasteiger partial charge in [-0.2, -0.15) is 0 Å². The van der Waals surface area contributed by atoms with Crippen molar-refractivity contribution in [1.82, 2.24) is 0 Å². The zero-order valence-electron chi connectivity index (χ0n) is 13.2. The van der Waals surface area contributed by atoms with Crippen LogP contribution in [0, 0.1) is 34.5 Å². The highest BCUT2D eigenvalue weighted by Crippen LogP contribution is 2.76. The molecule has 2 nitrogen and oxygen atoms in total. The van der Waals surface area contributed by atoms with Crippen LogP contribution in [0.25, 0.3) is 0 Å². The Hall–Kier alpha value is -0.660. The van der Waals surface area contributed by atoms with Crippen LogP contribution in [0.5, 0.6) is 0 Å². The van der Waals surface area contributed by atoms with Crippen molar-refractivity contribution < 1.29 is 9.84 Å². The van der Waals surface area contributed by atoms with Gasteiger partial charge < -0.3 is 9.84 Å². The third kappa shape index (κ3) is 1.41. The lowest BCUT2D eigenvalue weighted by atomic mass is 9.59. The van der Waals surface area contributed by atoms with Crippen LogP contribution >= 0.6 is 0 Å². The summed E-state index contributed by atoms with van der Waals surface area (Å²) in [6.07, 6.45) is 6.90. The predicted octanol–water partition coefficient (Wildman–Crippen LogP) is 3.47. The fourth-order valence-corrected chi connectivity index (χ4v) is 6.93. The molecule has 0 aliphatic heterocycles. The summed E-state index contributed by atoms with van der Waals surface area (Å²) in [5.74, 6) is 3.48. The SMILES string of the molecule is CC(C)=C([O-])OC1CC2CC1(C)C1C2C2CCC1(C)C2. The van der Waals surface area contributed by atoms with E-state index in [-0.39, 0.29) is 17.5 Å². The van der Waals surface area contributed by atoms with Crippen molar-refractivity contribution in [1.29, 1.82) is 0 Å². The Labute approximate surface area is 122 Å². The van der Waals surface area contributed by atoms with Crippen LogP contribution in [0.3, 0.4) is 0 Å². The number of hydrogen-bond acceptors (Lipinski definition) is 2. The quantitative estimate of drug-likeness (QED) is 0.571. The van der Waals surface area contributed by atoms with Crippen molar-refractivity contribution in [3.05, 3.63) is 11.5 Å². The van der Waals surface area contributed by atoms with E-state index in [1.165, 1.54) is 25.7 Å². The summed E-state index contributed by atoms with van der Waals surface area (Å²) in [4.78, 5) is 0. The summed E-state index contributed by atoms with van der Waals surface area (Å²) in [6.45, 7) is 8.66.